The lowest BCUT2D eigenvalue weighted by atomic mass is 10.1. The zero-order valence-electron chi connectivity index (χ0n) is 11.7. The number of hydrogen-bond acceptors (Lipinski definition) is 0. The van der Waals surface area contributed by atoms with E-state index in [1.54, 1.807) is 0 Å². The number of fused-ring (bicyclic) bond motifs is 1. The number of aromatic nitrogens is 1. The van der Waals surface area contributed by atoms with Crippen LogP contribution in [0.2, 0.25) is 0 Å². The molecule has 3 rings (SSSR count). The maximum absolute atomic E-state index is 3.52. The molecule has 0 atom stereocenters. The third-order valence-electron chi connectivity index (χ3n) is 3.73. The molecule has 0 aliphatic rings. The number of unbranched alkanes of at least 4 members (excludes halogenated alkanes) is 1. The molecule has 0 saturated carbocycles. The van der Waals surface area contributed by atoms with E-state index in [-0.39, 0.29) is 0 Å². The summed E-state index contributed by atoms with van der Waals surface area (Å²) < 4.78 is 3.58. The zero-order valence-corrected chi connectivity index (χ0v) is 15.5. The Labute approximate surface area is 147 Å². The first-order chi connectivity index (χ1) is 10.3. The standard InChI is InChI=1S/C18H17BrIN/c19-12-4-3-5-14-13-21(16-10-8-15(20)9-11-16)18-7-2-1-6-17(14)18/h1-2,6-11,13H,3-5,12H2. The van der Waals surface area contributed by atoms with E-state index in [1.807, 2.05) is 0 Å². The number of aryl methyl sites for hydroxylation is 1. The maximum atomic E-state index is 3.52. The number of alkyl halides is 1. The second-order valence-corrected chi connectivity index (χ2v) is 7.20. The lowest BCUT2D eigenvalue weighted by Crippen LogP contribution is -1.91. The number of halogens is 2. The molecular formula is C18H17BrIN. The fourth-order valence-electron chi connectivity index (χ4n) is 2.67. The van der Waals surface area contributed by atoms with Crippen LogP contribution < -0.4 is 0 Å². The third kappa shape index (κ3) is 3.34. The van der Waals surface area contributed by atoms with Crippen LogP contribution in [-0.4, -0.2) is 9.90 Å². The second kappa shape index (κ2) is 6.97. The van der Waals surface area contributed by atoms with Gasteiger partial charge in [0.25, 0.3) is 0 Å². The zero-order chi connectivity index (χ0) is 14.7. The molecule has 0 N–H and O–H groups in total. The highest BCUT2D eigenvalue weighted by Crippen LogP contribution is 2.26. The first kappa shape index (κ1) is 15.1. The molecule has 3 aromatic rings. The van der Waals surface area contributed by atoms with Gasteiger partial charge < -0.3 is 4.57 Å². The normalized spacial score (nSPS) is 11.1. The third-order valence-corrected chi connectivity index (χ3v) is 5.01. The molecule has 0 bridgehead atoms. The summed E-state index contributed by atoms with van der Waals surface area (Å²) in [5.74, 6) is 0. The summed E-state index contributed by atoms with van der Waals surface area (Å²) in [6.45, 7) is 0. The van der Waals surface area contributed by atoms with Crippen molar-refractivity contribution in [1.29, 1.82) is 0 Å². The van der Waals surface area contributed by atoms with Crippen LogP contribution in [0, 0.1) is 3.57 Å². The Kier molecular flexibility index (Phi) is 5.01. The number of benzene rings is 2. The van der Waals surface area contributed by atoms with Crippen molar-refractivity contribution in [1.82, 2.24) is 4.57 Å². The molecule has 3 heteroatoms. The summed E-state index contributed by atoms with van der Waals surface area (Å²) in [7, 11) is 0. The maximum Gasteiger partial charge on any atom is 0.0531 e. The SMILES string of the molecule is BrCCCCc1cn(-c2ccc(I)cc2)c2ccccc12. The fourth-order valence-corrected chi connectivity index (χ4v) is 3.43. The van der Waals surface area contributed by atoms with Crippen molar-refractivity contribution in [2.45, 2.75) is 19.3 Å². The van der Waals surface area contributed by atoms with Crippen molar-refractivity contribution in [3.05, 3.63) is 63.9 Å². The topological polar surface area (TPSA) is 4.93 Å². The minimum absolute atomic E-state index is 1.09. The van der Waals surface area contributed by atoms with Gasteiger partial charge in [-0.3, -0.25) is 0 Å². The van der Waals surface area contributed by atoms with Crippen LogP contribution in [0.1, 0.15) is 18.4 Å². The molecule has 0 amide bonds. The molecule has 1 nitrogen and oxygen atoms in total. The van der Waals surface area contributed by atoms with E-state index in [2.05, 4.69) is 97.8 Å². The Balaban J connectivity index is 2.04. The van der Waals surface area contributed by atoms with Crippen LogP contribution in [0.5, 0.6) is 0 Å². The fraction of sp³-hybridized carbons (Fsp3) is 0.222. The van der Waals surface area contributed by atoms with Crippen molar-refractivity contribution in [2.75, 3.05) is 5.33 Å². The molecule has 0 saturated heterocycles. The number of hydrogen-bond donors (Lipinski definition) is 0. The van der Waals surface area contributed by atoms with Gasteiger partial charge in [-0.05, 0) is 77.7 Å². The highest BCUT2D eigenvalue weighted by Gasteiger charge is 2.09. The molecule has 1 aromatic heterocycles. The highest BCUT2D eigenvalue weighted by atomic mass is 127. The van der Waals surface area contributed by atoms with Gasteiger partial charge in [-0.1, -0.05) is 34.1 Å². The Hall–Kier alpha value is -0.810. The van der Waals surface area contributed by atoms with Gasteiger partial charge in [-0.2, -0.15) is 0 Å². The lowest BCUT2D eigenvalue weighted by molar-refractivity contribution is 0.808. The van der Waals surface area contributed by atoms with Gasteiger partial charge in [0.05, 0.1) is 5.52 Å². The minimum Gasteiger partial charge on any atom is -0.316 e. The molecule has 0 spiro atoms. The minimum atomic E-state index is 1.09. The van der Waals surface area contributed by atoms with Gasteiger partial charge in [0.15, 0.2) is 0 Å². The smallest absolute Gasteiger partial charge is 0.0531 e. The molecule has 21 heavy (non-hydrogen) atoms. The molecule has 2 aromatic carbocycles. The van der Waals surface area contributed by atoms with Crippen molar-refractivity contribution < 1.29 is 0 Å². The molecule has 0 radical (unpaired) electrons. The van der Waals surface area contributed by atoms with Gasteiger partial charge in [0.2, 0.25) is 0 Å². The second-order valence-electron chi connectivity index (χ2n) is 5.16. The first-order valence-corrected chi connectivity index (χ1v) is 9.40. The predicted octanol–water partition coefficient (Wildman–Crippen LogP) is 5.95. The van der Waals surface area contributed by atoms with Crippen LogP contribution in [0.15, 0.2) is 54.7 Å². The van der Waals surface area contributed by atoms with E-state index in [0.717, 1.165) is 11.8 Å². The van der Waals surface area contributed by atoms with Crippen LogP contribution in [0.3, 0.4) is 0 Å². The van der Waals surface area contributed by atoms with Crippen LogP contribution >= 0.6 is 38.5 Å². The van der Waals surface area contributed by atoms with Crippen molar-refractivity contribution >= 4 is 49.4 Å². The largest absolute Gasteiger partial charge is 0.316 e. The van der Waals surface area contributed by atoms with E-state index < -0.39 is 0 Å². The van der Waals surface area contributed by atoms with Gasteiger partial charge >= 0.3 is 0 Å². The Bertz CT molecular complexity index is 731. The number of nitrogens with zero attached hydrogens (tertiary/aromatic N) is 1. The summed E-state index contributed by atoms with van der Waals surface area (Å²) in [6, 6.07) is 17.4. The van der Waals surface area contributed by atoms with E-state index in [4.69, 9.17) is 0 Å². The van der Waals surface area contributed by atoms with Gasteiger partial charge in [-0.15, -0.1) is 0 Å². The Morgan fingerprint density at radius 1 is 0.952 bits per heavy atom. The molecule has 0 aliphatic carbocycles. The van der Waals surface area contributed by atoms with E-state index in [0.29, 0.717) is 0 Å². The summed E-state index contributed by atoms with van der Waals surface area (Å²) in [4.78, 5) is 0. The quantitative estimate of drug-likeness (QED) is 0.255. The lowest BCUT2D eigenvalue weighted by Gasteiger charge is -2.05. The summed E-state index contributed by atoms with van der Waals surface area (Å²) in [5, 5.41) is 2.47. The molecule has 0 aliphatic heterocycles. The molecule has 1 heterocycles. The van der Waals surface area contributed by atoms with Crippen molar-refractivity contribution in [2.24, 2.45) is 0 Å². The Morgan fingerprint density at radius 2 is 1.71 bits per heavy atom. The molecular weight excluding hydrogens is 437 g/mol. The van der Waals surface area contributed by atoms with Gasteiger partial charge in [-0.25, -0.2) is 0 Å². The van der Waals surface area contributed by atoms with Gasteiger partial charge in [0.1, 0.15) is 0 Å². The van der Waals surface area contributed by atoms with Crippen molar-refractivity contribution in [3.63, 3.8) is 0 Å². The number of rotatable bonds is 5. The Morgan fingerprint density at radius 3 is 2.48 bits per heavy atom. The molecule has 0 unspecified atom stereocenters. The molecule has 0 fully saturated rings. The van der Waals surface area contributed by atoms with Crippen LogP contribution in [-0.2, 0) is 6.42 Å². The molecule has 108 valence electrons. The average Bonchev–Trinajstić information content (AvgIpc) is 2.88. The first-order valence-electron chi connectivity index (χ1n) is 7.20. The predicted molar refractivity (Wildman–Crippen MR) is 103 cm³/mol. The van der Waals surface area contributed by atoms with E-state index in [9.17, 15) is 0 Å². The average molecular weight is 454 g/mol. The number of para-hydroxylation sites is 1. The monoisotopic (exact) mass is 453 g/mol. The van der Waals surface area contributed by atoms with Crippen LogP contribution in [0.4, 0.5) is 0 Å². The van der Waals surface area contributed by atoms with E-state index in [1.165, 1.54) is 38.6 Å². The van der Waals surface area contributed by atoms with Gasteiger partial charge in [0, 0.05) is 26.2 Å². The van der Waals surface area contributed by atoms with Crippen LogP contribution in [0.25, 0.3) is 16.6 Å². The van der Waals surface area contributed by atoms with E-state index >= 15 is 0 Å². The highest BCUT2D eigenvalue weighted by molar-refractivity contribution is 14.1. The summed E-state index contributed by atoms with van der Waals surface area (Å²) in [6.07, 6.45) is 5.90. The summed E-state index contributed by atoms with van der Waals surface area (Å²) >= 11 is 5.86. The van der Waals surface area contributed by atoms with Crippen molar-refractivity contribution in [3.8, 4) is 5.69 Å². The summed E-state index contributed by atoms with van der Waals surface area (Å²) in [5.41, 5.74) is 3.98.